The van der Waals surface area contributed by atoms with E-state index in [1.807, 2.05) is 0 Å². The number of unbranched alkanes of at least 4 members (excludes halogenated alkanes) is 1. The number of hydrogen-bond acceptors (Lipinski definition) is 3. The molecular formula is C16H27N3. The fourth-order valence-electron chi connectivity index (χ4n) is 2.85. The summed E-state index contributed by atoms with van der Waals surface area (Å²) >= 11 is 0. The standard InChI is InChI=1S/C16H27N3/c1-3-5-11-17-16-10-9-14(13-18-16)15-8-6-7-12-19(15)4-2/h9-10,13,15H,3-8,11-12H2,1-2H3,(H,17,18)/t15-/m1/s1. The molecule has 0 unspecified atom stereocenters. The van der Waals surface area contributed by atoms with Crippen LogP contribution in [-0.2, 0) is 0 Å². The molecular weight excluding hydrogens is 234 g/mol. The van der Waals surface area contributed by atoms with Crippen molar-refractivity contribution in [2.24, 2.45) is 0 Å². The SMILES string of the molecule is CCCCNc1ccc([C@H]2CCCCN2CC)cn1. The summed E-state index contributed by atoms with van der Waals surface area (Å²) in [5.41, 5.74) is 1.38. The second-order valence-electron chi connectivity index (χ2n) is 5.40. The lowest BCUT2D eigenvalue weighted by Crippen LogP contribution is -2.33. The third-order valence-corrected chi connectivity index (χ3v) is 4.03. The van der Waals surface area contributed by atoms with Crippen LogP contribution in [0, 0.1) is 0 Å². The quantitative estimate of drug-likeness (QED) is 0.789. The summed E-state index contributed by atoms with van der Waals surface area (Å²) in [5.74, 6) is 1.01. The van der Waals surface area contributed by atoms with Gasteiger partial charge in [-0.3, -0.25) is 4.90 Å². The molecule has 1 aliphatic rings. The van der Waals surface area contributed by atoms with Gasteiger partial charge in [0.25, 0.3) is 0 Å². The summed E-state index contributed by atoms with van der Waals surface area (Å²) in [4.78, 5) is 7.13. The predicted octanol–water partition coefficient (Wildman–Crippen LogP) is 3.84. The first kappa shape index (κ1) is 14.3. The van der Waals surface area contributed by atoms with Crippen LogP contribution in [0.25, 0.3) is 0 Å². The van der Waals surface area contributed by atoms with Crippen LogP contribution in [-0.4, -0.2) is 29.5 Å². The van der Waals surface area contributed by atoms with Gasteiger partial charge in [-0.2, -0.15) is 0 Å². The Morgan fingerprint density at radius 2 is 2.21 bits per heavy atom. The van der Waals surface area contributed by atoms with Crippen molar-refractivity contribution >= 4 is 5.82 Å². The van der Waals surface area contributed by atoms with Crippen molar-refractivity contribution in [3.05, 3.63) is 23.9 Å². The fraction of sp³-hybridized carbons (Fsp3) is 0.688. The first-order chi connectivity index (χ1) is 9.35. The molecule has 2 rings (SSSR count). The zero-order chi connectivity index (χ0) is 13.5. The zero-order valence-electron chi connectivity index (χ0n) is 12.4. The molecule has 2 heterocycles. The molecule has 1 aliphatic heterocycles. The summed E-state index contributed by atoms with van der Waals surface area (Å²) in [6.07, 6.45) is 8.45. The minimum absolute atomic E-state index is 0.580. The third kappa shape index (κ3) is 3.93. The van der Waals surface area contributed by atoms with Gasteiger partial charge in [0.2, 0.25) is 0 Å². The lowest BCUT2D eigenvalue weighted by molar-refractivity contribution is 0.157. The number of rotatable bonds is 6. The molecule has 0 aromatic carbocycles. The van der Waals surface area contributed by atoms with Crippen LogP contribution >= 0.6 is 0 Å². The monoisotopic (exact) mass is 261 g/mol. The van der Waals surface area contributed by atoms with Crippen molar-refractivity contribution in [3.63, 3.8) is 0 Å². The molecule has 3 nitrogen and oxygen atoms in total. The summed E-state index contributed by atoms with van der Waals surface area (Å²) in [5, 5.41) is 3.38. The minimum Gasteiger partial charge on any atom is -0.370 e. The largest absolute Gasteiger partial charge is 0.370 e. The number of likely N-dealkylation sites (tertiary alicyclic amines) is 1. The molecule has 3 heteroatoms. The van der Waals surface area contributed by atoms with Gasteiger partial charge in [-0.25, -0.2) is 4.98 Å². The Kier molecular flexibility index (Phi) is 5.64. The molecule has 0 bridgehead atoms. The highest BCUT2D eigenvalue weighted by Gasteiger charge is 2.22. The summed E-state index contributed by atoms with van der Waals surface area (Å²) in [7, 11) is 0. The molecule has 1 atom stereocenters. The Labute approximate surface area is 117 Å². The predicted molar refractivity (Wildman–Crippen MR) is 81.5 cm³/mol. The number of nitrogens with zero attached hydrogens (tertiary/aromatic N) is 2. The van der Waals surface area contributed by atoms with Gasteiger partial charge in [0.05, 0.1) is 0 Å². The Hall–Kier alpha value is -1.09. The zero-order valence-corrected chi connectivity index (χ0v) is 12.4. The maximum atomic E-state index is 4.56. The van der Waals surface area contributed by atoms with Crippen molar-refractivity contribution in [2.45, 2.75) is 52.0 Å². The van der Waals surface area contributed by atoms with Gasteiger partial charge >= 0.3 is 0 Å². The molecule has 1 saturated heterocycles. The van der Waals surface area contributed by atoms with Crippen molar-refractivity contribution in [1.29, 1.82) is 0 Å². The summed E-state index contributed by atoms with van der Waals surface area (Å²) in [6, 6.07) is 4.96. The smallest absolute Gasteiger partial charge is 0.125 e. The Balaban J connectivity index is 1.96. The number of aromatic nitrogens is 1. The Morgan fingerprint density at radius 3 is 2.89 bits per heavy atom. The Bertz CT molecular complexity index is 361. The van der Waals surface area contributed by atoms with Crippen molar-refractivity contribution in [3.8, 4) is 0 Å². The maximum Gasteiger partial charge on any atom is 0.125 e. The van der Waals surface area contributed by atoms with Gasteiger partial charge in [0.15, 0.2) is 0 Å². The van der Waals surface area contributed by atoms with E-state index in [4.69, 9.17) is 0 Å². The van der Waals surface area contributed by atoms with E-state index < -0.39 is 0 Å². The van der Waals surface area contributed by atoms with Crippen molar-refractivity contribution in [1.82, 2.24) is 9.88 Å². The van der Waals surface area contributed by atoms with E-state index in [9.17, 15) is 0 Å². The van der Waals surface area contributed by atoms with Crippen LogP contribution in [0.5, 0.6) is 0 Å². The number of anilines is 1. The molecule has 0 radical (unpaired) electrons. The second-order valence-corrected chi connectivity index (χ2v) is 5.40. The molecule has 0 amide bonds. The third-order valence-electron chi connectivity index (χ3n) is 4.03. The van der Waals surface area contributed by atoms with Crippen LogP contribution in [0.4, 0.5) is 5.82 Å². The average Bonchev–Trinajstić information content (AvgIpc) is 2.48. The summed E-state index contributed by atoms with van der Waals surface area (Å²) < 4.78 is 0. The van der Waals surface area contributed by atoms with E-state index in [1.54, 1.807) is 0 Å². The second kappa shape index (κ2) is 7.49. The van der Waals surface area contributed by atoms with Gasteiger partial charge in [-0.15, -0.1) is 0 Å². The minimum atomic E-state index is 0.580. The van der Waals surface area contributed by atoms with Crippen LogP contribution in [0.1, 0.15) is 57.6 Å². The maximum absolute atomic E-state index is 4.56. The van der Waals surface area contributed by atoms with Gasteiger partial charge < -0.3 is 5.32 Å². The normalized spacial score (nSPS) is 20.4. The number of nitrogens with one attached hydrogen (secondary N) is 1. The number of hydrogen-bond donors (Lipinski definition) is 1. The highest BCUT2D eigenvalue weighted by atomic mass is 15.2. The lowest BCUT2D eigenvalue weighted by atomic mass is 9.96. The Morgan fingerprint density at radius 1 is 1.32 bits per heavy atom. The van der Waals surface area contributed by atoms with E-state index in [2.05, 4.69) is 47.4 Å². The van der Waals surface area contributed by atoms with Gasteiger partial charge in [-0.1, -0.05) is 32.8 Å². The molecule has 1 aromatic rings. The molecule has 0 saturated carbocycles. The highest BCUT2D eigenvalue weighted by Crippen LogP contribution is 2.30. The van der Waals surface area contributed by atoms with E-state index in [-0.39, 0.29) is 0 Å². The van der Waals surface area contributed by atoms with Crippen LogP contribution in [0.2, 0.25) is 0 Å². The first-order valence-electron chi connectivity index (χ1n) is 7.79. The molecule has 106 valence electrons. The van der Waals surface area contributed by atoms with E-state index in [1.165, 1.54) is 44.2 Å². The van der Waals surface area contributed by atoms with Crippen LogP contribution in [0.3, 0.4) is 0 Å². The van der Waals surface area contributed by atoms with Crippen molar-refractivity contribution < 1.29 is 0 Å². The van der Waals surface area contributed by atoms with Gasteiger partial charge in [0.1, 0.15) is 5.82 Å². The molecule has 0 aliphatic carbocycles. The number of piperidine rings is 1. The lowest BCUT2D eigenvalue weighted by Gasteiger charge is -2.35. The van der Waals surface area contributed by atoms with E-state index in [0.29, 0.717) is 6.04 Å². The topological polar surface area (TPSA) is 28.2 Å². The molecule has 19 heavy (non-hydrogen) atoms. The van der Waals surface area contributed by atoms with Gasteiger partial charge in [0, 0.05) is 18.8 Å². The van der Waals surface area contributed by atoms with Crippen LogP contribution in [0.15, 0.2) is 18.3 Å². The number of pyridine rings is 1. The molecule has 0 spiro atoms. The highest BCUT2D eigenvalue weighted by molar-refractivity contribution is 5.36. The average molecular weight is 261 g/mol. The van der Waals surface area contributed by atoms with Crippen molar-refractivity contribution in [2.75, 3.05) is 25.0 Å². The molecule has 1 fully saturated rings. The van der Waals surface area contributed by atoms with Crippen LogP contribution < -0.4 is 5.32 Å². The van der Waals surface area contributed by atoms with E-state index in [0.717, 1.165) is 18.9 Å². The van der Waals surface area contributed by atoms with E-state index >= 15 is 0 Å². The van der Waals surface area contributed by atoms with Gasteiger partial charge in [-0.05, 0) is 44.0 Å². The molecule has 1 aromatic heterocycles. The fourth-order valence-corrected chi connectivity index (χ4v) is 2.85. The first-order valence-corrected chi connectivity index (χ1v) is 7.79. The summed E-state index contributed by atoms with van der Waals surface area (Å²) in [6.45, 7) is 7.86. The molecule has 1 N–H and O–H groups in total.